The number of nitrogens with one attached hydrogen (secondary N) is 1. The number of nitrogens with zero attached hydrogens (tertiary/aromatic N) is 1. The first-order valence-corrected chi connectivity index (χ1v) is 9.09. The van der Waals surface area contributed by atoms with Gasteiger partial charge in [0.05, 0.1) is 5.69 Å². The molecule has 0 unspecified atom stereocenters. The van der Waals surface area contributed by atoms with Crippen molar-refractivity contribution >= 4 is 23.1 Å². The summed E-state index contributed by atoms with van der Waals surface area (Å²) >= 11 is 3.88. The number of thioether (sulfide) groups is 1. The van der Waals surface area contributed by atoms with E-state index in [4.69, 9.17) is 4.98 Å². The maximum atomic E-state index is 4.77. The monoisotopic (exact) mass is 284 g/mol. The first kappa shape index (κ1) is 14.4. The standard InChI is InChI=1S/C14H24N2S2/c1-3-12-13(9-15-11-7-5-6-8-11)18-14(16-12)10-17-4-2/h11,15H,3-10H2,1-2H3. The molecule has 1 aliphatic rings. The summed E-state index contributed by atoms with van der Waals surface area (Å²) in [7, 11) is 0. The Morgan fingerprint density at radius 2 is 2.11 bits per heavy atom. The molecule has 1 aromatic rings. The van der Waals surface area contributed by atoms with E-state index in [2.05, 4.69) is 19.2 Å². The molecular weight excluding hydrogens is 260 g/mol. The zero-order valence-corrected chi connectivity index (χ0v) is 13.1. The summed E-state index contributed by atoms with van der Waals surface area (Å²) in [6.45, 7) is 5.45. The molecule has 1 fully saturated rings. The topological polar surface area (TPSA) is 24.9 Å². The van der Waals surface area contributed by atoms with Crippen molar-refractivity contribution in [3.63, 3.8) is 0 Å². The van der Waals surface area contributed by atoms with E-state index in [0.29, 0.717) is 0 Å². The van der Waals surface area contributed by atoms with Crippen LogP contribution in [-0.4, -0.2) is 16.8 Å². The van der Waals surface area contributed by atoms with Gasteiger partial charge in [-0.15, -0.1) is 11.3 Å². The van der Waals surface area contributed by atoms with E-state index in [1.807, 2.05) is 23.1 Å². The molecule has 2 nitrogen and oxygen atoms in total. The Morgan fingerprint density at radius 1 is 1.33 bits per heavy atom. The van der Waals surface area contributed by atoms with Gasteiger partial charge in [0.2, 0.25) is 0 Å². The second-order valence-electron chi connectivity index (χ2n) is 4.83. The van der Waals surface area contributed by atoms with E-state index < -0.39 is 0 Å². The highest BCUT2D eigenvalue weighted by Gasteiger charge is 2.16. The maximum Gasteiger partial charge on any atom is 0.103 e. The van der Waals surface area contributed by atoms with Crippen LogP contribution in [0, 0.1) is 0 Å². The van der Waals surface area contributed by atoms with Gasteiger partial charge in [0, 0.05) is 23.2 Å². The first-order chi connectivity index (χ1) is 8.83. The Kier molecular flexibility index (Phi) is 5.99. The summed E-state index contributed by atoms with van der Waals surface area (Å²) in [6.07, 6.45) is 6.59. The maximum absolute atomic E-state index is 4.77. The Balaban J connectivity index is 1.90. The molecule has 1 aromatic heterocycles. The minimum atomic E-state index is 0.755. The fourth-order valence-electron chi connectivity index (χ4n) is 2.47. The summed E-state index contributed by atoms with van der Waals surface area (Å²) in [4.78, 5) is 6.24. The Bertz CT molecular complexity index is 357. The summed E-state index contributed by atoms with van der Waals surface area (Å²) in [6, 6.07) is 0.755. The van der Waals surface area contributed by atoms with Crippen molar-refractivity contribution in [1.82, 2.24) is 10.3 Å². The van der Waals surface area contributed by atoms with Crippen LogP contribution in [0.4, 0.5) is 0 Å². The van der Waals surface area contributed by atoms with Gasteiger partial charge in [0.15, 0.2) is 0 Å². The third-order valence-electron chi connectivity index (χ3n) is 3.49. The van der Waals surface area contributed by atoms with Crippen LogP contribution in [0.3, 0.4) is 0 Å². The average molecular weight is 284 g/mol. The molecule has 0 saturated heterocycles. The van der Waals surface area contributed by atoms with Crippen LogP contribution in [0.5, 0.6) is 0 Å². The van der Waals surface area contributed by atoms with E-state index in [-0.39, 0.29) is 0 Å². The van der Waals surface area contributed by atoms with Gasteiger partial charge in [-0.05, 0) is 25.0 Å². The lowest BCUT2D eigenvalue weighted by Crippen LogP contribution is -2.25. The van der Waals surface area contributed by atoms with Crippen molar-refractivity contribution in [1.29, 1.82) is 0 Å². The molecule has 1 aliphatic carbocycles. The van der Waals surface area contributed by atoms with Crippen LogP contribution >= 0.6 is 23.1 Å². The second-order valence-corrected chi connectivity index (χ2v) is 7.27. The van der Waals surface area contributed by atoms with E-state index in [0.717, 1.165) is 24.8 Å². The molecule has 0 aliphatic heterocycles. The van der Waals surface area contributed by atoms with Crippen molar-refractivity contribution in [2.75, 3.05) is 5.75 Å². The Hall–Kier alpha value is -0.0600. The van der Waals surface area contributed by atoms with Gasteiger partial charge >= 0.3 is 0 Å². The number of aromatic nitrogens is 1. The smallest absolute Gasteiger partial charge is 0.103 e. The fraction of sp³-hybridized carbons (Fsp3) is 0.786. The molecule has 0 amide bonds. The predicted octanol–water partition coefficient (Wildman–Crippen LogP) is 3.99. The quantitative estimate of drug-likeness (QED) is 0.819. The van der Waals surface area contributed by atoms with E-state index in [9.17, 15) is 0 Å². The van der Waals surface area contributed by atoms with Crippen LogP contribution in [0.2, 0.25) is 0 Å². The fourth-order valence-corrected chi connectivity index (χ4v) is 4.30. The lowest BCUT2D eigenvalue weighted by molar-refractivity contribution is 0.525. The number of hydrogen-bond acceptors (Lipinski definition) is 4. The molecule has 0 aromatic carbocycles. The van der Waals surface area contributed by atoms with Gasteiger partial charge in [-0.3, -0.25) is 0 Å². The molecule has 0 spiro atoms. The first-order valence-electron chi connectivity index (χ1n) is 7.12. The van der Waals surface area contributed by atoms with Crippen LogP contribution in [0.15, 0.2) is 0 Å². The van der Waals surface area contributed by atoms with Crippen molar-refractivity contribution in [3.8, 4) is 0 Å². The highest BCUT2D eigenvalue weighted by Crippen LogP contribution is 2.24. The average Bonchev–Trinajstić information content (AvgIpc) is 3.02. The van der Waals surface area contributed by atoms with Gasteiger partial charge in [-0.25, -0.2) is 4.98 Å². The molecule has 0 bridgehead atoms. The molecule has 1 heterocycles. The van der Waals surface area contributed by atoms with E-state index in [1.165, 1.54) is 47.0 Å². The number of aryl methyl sites for hydroxylation is 1. The number of rotatable bonds is 7. The minimum absolute atomic E-state index is 0.755. The Labute approximate surface area is 119 Å². The summed E-state index contributed by atoms with van der Waals surface area (Å²) in [5, 5.41) is 5.01. The molecule has 1 N–H and O–H groups in total. The van der Waals surface area contributed by atoms with Crippen LogP contribution in [0.25, 0.3) is 0 Å². The number of thiazole rings is 1. The van der Waals surface area contributed by atoms with Gasteiger partial charge in [0.25, 0.3) is 0 Å². The third kappa shape index (κ3) is 3.97. The van der Waals surface area contributed by atoms with Crippen molar-refractivity contribution in [2.24, 2.45) is 0 Å². The van der Waals surface area contributed by atoms with Gasteiger partial charge < -0.3 is 5.32 Å². The molecule has 2 rings (SSSR count). The molecule has 18 heavy (non-hydrogen) atoms. The van der Waals surface area contributed by atoms with Crippen LogP contribution in [-0.2, 0) is 18.7 Å². The second kappa shape index (κ2) is 7.51. The van der Waals surface area contributed by atoms with Crippen molar-refractivity contribution in [3.05, 3.63) is 15.6 Å². The SMILES string of the molecule is CCSCc1nc(CC)c(CNC2CCCC2)s1. The Morgan fingerprint density at radius 3 is 2.78 bits per heavy atom. The normalized spacial score (nSPS) is 16.6. The number of hydrogen-bond donors (Lipinski definition) is 1. The lowest BCUT2D eigenvalue weighted by atomic mass is 10.2. The van der Waals surface area contributed by atoms with Gasteiger partial charge in [-0.1, -0.05) is 26.7 Å². The molecule has 102 valence electrons. The highest BCUT2D eigenvalue weighted by atomic mass is 32.2. The predicted molar refractivity (Wildman–Crippen MR) is 82.4 cm³/mol. The summed E-state index contributed by atoms with van der Waals surface area (Å²) < 4.78 is 0. The van der Waals surface area contributed by atoms with Crippen molar-refractivity contribution in [2.45, 2.75) is 64.3 Å². The van der Waals surface area contributed by atoms with Gasteiger partial charge in [0.1, 0.15) is 5.01 Å². The lowest BCUT2D eigenvalue weighted by Gasteiger charge is -2.10. The van der Waals surface area contributed by atoms with Crippen molar-refractivity contribution < 1.29 is 0 Å². The molecule has 1 saturated carbocycles. The van der Waals surface area contributed by atoms with Gasteiger partial charge in [-0.2, -0.15) is 11.8 Å². The zero-order chi connectivity index (χ0) is 12.8. The third-order valence-corrected chi connectivity index (χ3v) is 5.66. The van der Waals surface area contributed by atoms with E-state index in [1.54, 1.807) is 0 Å². The summed E-state index contributed by atoms with van der Waals surface area (Å²) in [5.41, 5.74) is 1.32. The minimum Gasteiger partial charge on any atom is -0.309 e. The largest absolute Gasteiger partial charge is 0.309 e. The molecular formula is C14H24N2S2. The van der Waals surface area contributed by atoms with E-state index >= 15 is 0 Å². The summed E-state index contributed by atoms with van der Waals surface area (Å²) in [5.74, 6) is 2.26. The van der Waals surface area contributed by atoms with Crippen LogP contribution in [0.1, 0.15) is 55.1 Å². The highest BCUT2D eigenvalue weighted by molar-refractivity contribution is 7.98. The molecule has 4 heteroatoms. The molecule has 0 atom stereocenters. The van der Waals surface area contributed by atoms with Crippen LogP contribution < -0.4 is 5.32 Å². The zero-order valence-electron chi connectivity index (χ0n) is 11.5. The molecule has 0 radical (unpaired) electrons.